The Morgan fingerprint density at radius 3 is 2.41 bits per heavy atom. The summed E-state index contributed by atoms with van der Waals surface area (Å²) in [6, 6.07) is 12.7. The number of nitrogens with two attached hydrogens (primary N) is 1. The Hall–Kier alpha value is -4.12. The molecule has 3 rings (SSSR count). The molecule has 8 nitrogen and oxygen atoms in total. The van der Waals surface area contributed by atoms with Crippen LogP contribution in [0.3, 0.4) is 0 Å². The largest absolute Gasteiger partial charge is 0.481 e. The highest BCUT2D eigenvalue weighted by atomic mass is 19.4. The van der Waals surface area contributed by atoms with Crippen LogP contribution in [0.25, 0.3) is 10.8 Å². The second-order valence-electron chi connectivity index (χ2n) is 8.36. The number of carbonyl (C=O) groups excluding carboxylic acids is 2. The van der Waals surface area contributed by atoms with Crippen molar-refractivity contribution in [1.29, 1.82) is 0 Å². The third-order valence-electron chi connectivity index (χ3n) is 5.34. The molecule has 3 aromatic carbocycles. The summed E-state index contributed by atoms with van der Waals surface area (Å²) >= 11 is 0. The zero-order valence-corrected chi connectivity index (χ0v) is 19.7. The quantitative estimate of drug-likeness (QED) is 0.337. The van der Waals surface area contributed by atoms with Crippen molar-refractivity contribution in [1.82, 2.24) is 5.32 Å². The lowest BCUT2D eigenvalue weighted by Gasteiger charge is -2.16. The van der Waals surface area contributed by atoms with Gasteiger partial charge >= 0.3 is 18.1 Å². The van der Waals surface area contributed by atoms with Gasteiger partial charge in [-0.15, -0.1) is 0 Å². The molecule has 0 aliphatic carbocycles. The van der Waals surface area contributed by atoms with Crippen molar-refractivity contribution >= 4 is 28.6 Å². The minimum absolute atomic E-state index is 0.0590. The fourth-order valence-corrected chi connectivity index (χ4v) is 3.38. The molecule has 0 aromatic heterocycles. The number of ether oxygens (including phenoxy) is 2. The summed E-state index contributed by atoms with van der Waals surface area (Å²) in [6.07, 6.45) is -4.76. The van der Waals surface area contributed by atoms with Crippen LogP contribution in [0.2, 0.25) is 0 Å². The molecule has 3 aromatic rings. The number of amides is 1. The molecule has 2 atom stereocenters. The van der Waals surface area contributed by atoms with Crippen LogP contribution in [0.1, 0.15) is 35.7 Å². The number of hydrogen-bond acceptors (Lipinski definition) is 6. The van der Waals surface area contributed by atoms with E-state index in [2.05, 4.69) is 5.32 Å². The normalized spacial score (nSPS) is 13.0. The zero-order chi connectivity index (χ0) is 27.2. The lowest BCUT2D eigenvalue weighted by molar-refractivity contribution is -0.146. The Balaban J connectivity index is 1.62. The second-order valence-corrected chi connectivity index (χ2v) is 8.36. The molecule has 0 aliphatic rings. The van der Waals surface area contributed by atoms with E-state index in [-0.39, 0.29) is 25.2 Å². The third-order valence-corrected chi connectivity index (χ3v) is 5.34. The van der Waals surface area contributed by atoms with Gasteiger partial charge in [0.15, 0.2) is 0 Å². The third kappa shape index (κ3) is 7.68. The maximum Gasteiger partial charge on any atom is 0.416 e. The molecule has 4 N–H and O–H groups in total. The van der Waals surface area contributed by atoms with Gasteiger partial charge in [-0.05, 0) is 67.3 Å². The van der Waals surface area contributed by atoms with Crippen molar-refractivity contribution in [3.8, 4) is 11.5 Å². The zero-order valence-electron chi connectivity index (χ0n) is 19.7. The number of carbonyl (C=O) groups is 3. The summed E-state index contributed by atoms with van der Waals surface area (Å²) in [4.78, 5) is 35.1. The van der Waals surface area contributed by atoms with Gasteiger partial charge in [0.1, 0.15) is 24.1 Å². The van der Waals surface area contributed by atoms with Crippen molar-refractivity contribution in [3.05, 3.63) is 71.8 Å². The number of benzene rings is 3. The van der Waals surface area contributed by atoms with E-state index in [9.17, 15) is 27.6 Å². The van der Waals surface area contributed by atoms with Crippen molar-refractivity contribution in [2.45, 2.75) is 38.0 Å². The highest BCUT2D eigenvalue weighted by Gasteiger charge is 2.30. The molecule has 0 fully saturated rings. The number of aliphatic carboxylic acids is 1. The van der Waals surface area contributed by atoms with E-state index in [4.69, 9.17) is 20.3 Å². The van der Waals surface area contributed by atoms with Crippen LogP contribution in [0.15, 0.2) is 60.7 Å². The molecule has 37 heavy (non-hydrogen) atoms. The first kappa shape index (κ1) is 27.5. The molecule has 0 radical (unpaired) electrons. The van der Waals surface area contributed by atoms with Crippen molar-refractivity contribution in [3.63, 3.8) is 0 Å². The number of nitrogens with one attached hydrogen (secondary N) is 1. The van der Waals surface area contributed by atoms with E-state index in [1.54, 1.807) is 43.3 Å². The molecule has 196 valence electrons. The highest BCUT2D eigenvalue weighted by Crippen LogP contribution is 2.33. The predicted octanol–water partition coefficient (Wildman–Crippen LogP) is 4.50. The van der Waals surface area contributed by atoms with E-state index < -0.39 is 41.7 Å². The number of fused-ring (bicyclic) bond motifs is 1. The molecule has 0 unspecified atom stereocenters. The lowest BCUT2D eigenvalue weighted by Crippen LogP contribution is -2.39. The van der Waals surface area contributed by atoms with Gasteiger partial charge in [0.25, 0.3) is 5.91 Å². The maximum atomic E-state index is 12.8. The monoisotopic (exact) mass is 518 g/mol. The molecule has 0 bridgehead atoms. The molecule has 0 heterocycles. The topological polar surface area (TPSA) is 128 Å². The van der Waals surface area contributed by atoms with Crippen LogP contribution in [0, 0.1) is 0 Å². The first-order chi connectivity index (χ1) is 17.4. The molecule has 0 saturated carbocycles. The fraction of sp³-hybridized carbons (Fsp3) is 0.269. The Kier molecular flexibility index (Phi) is 8.72. The molecule has 0 saturated heterocycles. The number of carboxylic acids is 1. The van der Waals surface area contributed by atoms with Crippen LogP contribution in [-0.4, -0.2) is 41.6 Å². The minimum atomic E-state index is -4.44. The van der Waals surface area contributed by atoms with Gasteiger partial charge in [0.05, 0.1) is 11.6 Å². The van der Waals surface area contributed by atoms with E-state index in [0.717, 1.165) is 12.1 Å². The van der Waals surface area contributed by atoms with Gasteiger partial charge in [0, 0.05) is 17.4 Å². The van der Waals surface area contributed by atoms with E-state index in [1.807, 2.05) is 0 Å². The molecular weight excluding hydrogens is 493 g/mol. The number of esters is 1. The first-order valence-electron chi connectivity index (χ1n) is 11.3. The Labute approximate surface area is 210 Å². The second kappa shape index (κ2) is 11.7. The number of carboxylic acid groups (broad SMARTS) is 1. The van der Waals surface area contributed by atoms with Gasteiger partial charge < -0.3 is 25.6 Å². The Morgan fingerprint density at radius 1 is 1.05 bits per heavy atom. The lowest BCUT2D eigenvalue weighted by atomic mass is 10.1. The highest BCUT2D eigenvalue weighted by molar-refractivity contribution is 6.00. The van der Waals surface area contributed by atoms with Crippen LogP contribution in [0.5, 0.6) is 11.5 Å². The Bertz CT molecular complexity index is 1280. The van der Waals surface area contributed by atoms with Crippen LogP contribution in [0.4, 0.5) is 13.2 Å². The summed E-state index contributed by atoms with van der Waals surface area (Å²) in [5.41, 5.74) is 5.15. The summed E-state index contributed by atoms with van der Waals surface area (Å²) in [5, 5.41) is 12.7. The van der Waals surface area contributed by atoms with Gasteiger partial charge in [-0.2, -0.15) is 13.2 Å². The van der Waals surface area contributed by atoms with Gasteiger partial charge in [-0.1, -0.05) is 12.1 Å². The van der Waals surface area contributed by atoms with E-state index in [1.165, 1.54) is 12.1 Å². The van der Waals surface area contributed by atoms with Gasteiger partial charge in [-0.3, -0.25) is 14.4 Å². The number of rotatable bonds is 10. The van der Waals surface area contributed by atoms with E-state index in [0.29, 0.717) is 22.1 Å². The van der Waals surface area contributed by atoms with Crippen molar-refractivity contribution < 1.29 is 42.1 Å². The minimum Gasteiger partial charge on any atom is -0.481 e. The number of alkyl halides is 3. The Morgan fingerprint density at radius 2 is 1.76 bits per heavy atom. The summed E-state index contributed by atoms with van der Waals surface area (Å²) in [6.45, 7) is 1.48. The SMILES string of the molecule is C[C@H](COC(=O)[C@@H](N)CCC(=O)O)NC(=O)c1ccc2c(Oc3ccc(C(F)(F)F)cc3)cccc2c1. The standard InChI is InChI=1S/C26H25F3N2O6/c1-15(14-36-25(35)21(30)11-12-23(32)33)31-24(34)17-5-10-20-16(13-17)3-2-4-22(20)37-19-8-6-18(7-9-19)26(27,28)29/h2-10,13,15,21H,11-12,14,30H2,1H3,(H,31,34)(H,32,33)/t15-,21+/m1/s1. The average Bonchev–Trinajstić information content (AvgIpc) is 2.85. The van der Waals surface area contributed by atoms with Gasteiger partial charge in [0.2, 0.25) is 0 Å². The predicted molar refractivity (Wildman–Crippen MR) is 128 cm³/mol. The van der Waals surface area contributed by atoms with Crippen molar-refractivity contribution in [2.75, 3.05) is 6.61 Å². The molecule has 0 aliphatic heterocycles. The first-order valence-corrected chi connectivity index (χ1v) is 11.3. The molecule has 11 heteroatoms. The van der Waals surface area contributed by atoms with E-state index >= 15 is 0 Å². The van der Waals surface area contributed by atoms with Crippen molar-refractivity contribution in [2.24, 2.45) is 5.73 Å². The van der Waals surface area contributed by atoms with Crippen LogP contribution in [-0.2, 0) is 20.5 Å². The smallest absolute Gasteiger partial charge is 0.416 e. The number of hydrogen-bond donors (Lipinski definition) is 3. The van der Waals surface area contributed by atoms with Gasteiger partial charge in [-0.25, -0.2) is 0 Å². The summed E-state index contributed by atoms with van der Waals surface area (Å²) < 4.78 is 49.2. The fourth-order valence-electron chi connectivity index (χ4n) is 3.38. The molecular formula is C26H25F3N2O6. The average molecular weight is 518 g/mol. The molecule has 1 amide bonds. The molecule has 0 spiro atoms. The van der Waals surface area contributed by atoms with Crippen LogP contribution >= 0.6 is 0 Å². The summed E-state index contributed by atoms with van der Waals surface area (Å²) in [5.74, 6) is -1.61. The summed E-state index contributed by atoms with van der Waals surface area (Å²) in [7, 11) is 0. The maximum absolute atomic E-state index is 12.8. The van der Waals surface area contributed by atoms with Crippen LogP contribution < -0.4 is 15.8 Å². The number of halogens is 3.